The Labute approximate surface area is 168 Å². The predicted molar refractivity (Wildman–Crippen MR) is 99.6 cm³/mol. The number of nitrogens with one attached hydrogen (secondary N) is 2. The second-order valence-electron chi connectivity index (χ2n) is 6.67. The van der Waals surface area contributed by atoms with Crippen LogP contribution >= 0.6 is 11.6 Å². The van der Waals surface area contributed by atoms with Gasteiger partial charge in [0.05, 0.1) is 18.5 Å². The Morgan fingerprint density at radius 2 is 2.17 bits per heavy atom. The maximum atomic E-state index is 13.6. The molecule has 0 saturated carbocycles. The van der Waals surface area contributed by atoms with Crippen molar-refractivity contribution in [2.75, 3.05) is 5.32 Å². The van der Waals surface area contributed by atoms with Gasteiger partial charge in [0, 0.05) is 18.0 Å². The Kier molecular flexibility index (Phi) is 4.99. The van der Waals surface area contributed by atoms with E-state index in [0.717, 1.165) is 16.4 Å². The Morgan fingerprint density at radius 3 is 2.86 bits per heavy atom. The number of anilines is 1. The maximum absolute atomic E-state index is 13.6. The second-order valence-corrected chi connectivity index (χ2v) is 7.11. The van der Waals surface area contributed by atoms with Gasteiger partial charge in [-0.15, -0.1) is 0 Å². The molecule has 0 unspecified atom stereocenters. The Bertz CT molecular complexity index is 1020. The van der Waals surface area contributed by atoms with Crippen molar-refractivity contribution < 1.29 is 22.4 Å². The fourth-order valence-corrected chi connectivity index (χ4v) is 3.54. The third kappa shape index (κ3) is 3.95. The van der Waals surface area contributed by atoms with E-state index in [4.69, 9.17) is 16.0 Å². The number of benzene rings is 1. The lowest BCUT2D eigenvalue weighted by Crippen LogP contribution is -2.36. The van der Waals surface area contributed by atoms with Crippen molar-refractivity contribution in [3.63, 3.8) is 0 Å². The standard InChI is InChI=1S/C19H16ClF3N4O2/c20-12-4-1-3-11(7-12)9-24-18(28)13-10-25-27-16(19(21,22)23)8-14(26-17(13)27)15-5-2-6-29-15/h1-7,10,14,16,26H,8-9H2,(H,24,28)/t14-,16-/m1/s1. The van der Waals surface area contributed by atoms with Crippen LogP contribution in [-0.2, 0) is 6.54 Å². The van der Waals surface area contributed by atoms with Gasteiger partial charge in [-0.05, 0) is 29.8 Å². The molecule has 1 aliphatic heterocycles. The fraction of sp³-hybridized carbons (Fsp3) is 0.263. The summed E-state index contributed by atoms with van der Waals surface area (Å²) < 4.78 is 46.9. The molecule has 1 amide bonds. The molecule has 3 aromatic rings. The van der Waals surface area contributed by atoms with Crippen LogP contribution in [0.5, 0.6) is 0 Å². The van der Waals surface area contributed by atoms with Crippen molar-refractivity contribution in [2.45, 2.75) is 31.2 Å². The minimum atomic E-state index is -4.53. The number of rotatable bonds is 4. The van der Waals surface area contributed by atoms with Gasteiger partial charge >= 0.3 is 6.18 Å². The highest BCUT2D eigenvalue weighted by atomic mass is 35.5. The van der Waals surface area contributed by atoms with E-state index in [1.54, 1.807) is 36.4 Å². The van der Waals surface area contributed by atoms with E-state index in [9.17, 15) is 18.0 Å². The molecule has 10 heteroatoms. The van der Waals surface area contributed by atoms with Gasteiger partial charge in [0.2, 0.25) is 0 Å². The van der Waals surface area contributed by atoms with E-state index in [1.807, 2.05) is 0 Å². The lowest BCUT2D eigenvalue weighted by molar-refractivity contribution is -0.174. The van der Waals surface area contributed by atoms with Gasteiger partial charge in [0.25, 0.3) is 5.91 Å². The van der Waals surface area contributed by atoms with E-state index in [1.165, 1.54) is 6.26 Å². The molecule has 3 heterocycles. The lowest BCUT2D eigenvalue weighted by Gasteiger charge is -2.32. The number of carbonyl (C=O) groups excluding carboxylic acids is 1. The molecule has 152 valence electrons. The molecule has 4 rings (SSSR count). The van der Waals surface area contributed by atoms with E-state index in [2.05, 4.69) is 15.7 Å². The zero-order chi connectivity index (χ0) is 20.6. The molecule has 2 N–H and O–H groups in total. The second kappa shape index (κ2) is 7.47. The molecule has 0 saturated heterocycles. The van der Waals surface area contributed by atoms with Crippen LogP contribution in [0, 0.1) is 0 Å². The molecule has 0 spiro atoms. The average molecular weight is 425 g/mol. The molecule has 0 bridgehead atoms. The fourth-order valence-electron chi connectivity index (χ4n) is 3.33. The van der Waals surface area contributed by atoms with Crippen LogP contribution in [0.1, 0.15) is 40.2 Å². The summed E-state index contributed by atoms with van der Waals surface area (Å²) in [5.41, 5.74) is 0.791. The van der Waals surface area contributed by atoms with Crippen molar-refractivity contribution in [1.82, 2.24) is 15.1 Å². The van der Waals surface area contributed by atoms with Gasteiger partial charge in [-0.3, -0.25) is 4.79 Å². The van der Waals surface area contributed by atoms with Gasteiger partial charge < -0.3 is 15.1 Å². The SMILES string of the molecule is O=C(NCc1cccc(Cl)c1)c1cnn2c1N[C@@H](c1ccco1)C[C@@H]2C(F)(F)F. The van der Waals surface area contributed by atoms with Crippen LogP contribution in [0.3, 0.4) is 0 Å². The Hall–Kier alpha value is -2.94. The van der Waals surface area contributed by atoms with Crippen molar-refractivity contribution in [3.05, 3.63) is 70.8 Å². The molecular weight excluding hydrogens is 409 g/mol. The quantitative estimate of drug-likeness (QED) is 0.635. The van der Waals surface area contributed by atoms with Crippen LogP contribution in [0.15, 0.2) is 53.3 Å². The zero-order valence-electron chi connectivity index (χ0n) is 14.9. The summed E-state index contributed by atoms with van der Waals surface area (Å²) in [6.07, 6.45) is -2.29. The molecule has 0 fully saturated rings. The number of fused-ring (bicyclic) bond motifs is 1. The van der Waals surface area contributed by atoms with Crippen LogP contribution in [0.4, 0.5) is 19.0 Å². The number of hydrogen-bond donors (Lipinski definition) is 2. The monoisotopic (exact) mass is 424 g/mol. The summed E-state index contributed by atoms with van der Waals surface area (Å²) in [7, 11) is 0. The number of alkyl halides is 3. The first kappa shape index (κ1) is 19.4. The number of nitrogens with zero attached hydrogens (tertiary/aromatic N) is 2. The highest BCUT2D eigenvalue weighted by Crippen LogP contribution is 2.44. The minimum Gasteiger partial charge on any atom is -0.467 e. The number of furan rings is 1. The molecule has 0 radical (unpaired) electrons. The first-order valence-corrected chi connectivity index (χ1v) is 9.17. The largest absolute Gasteiger partial charge is 0.467 e. The van der Waals surface area contributed by atoms with Gasteiger partial charge in [-0.25, -0.2) is 4.68 Å². The molecule has 2 aromatic heterocycles. The number of aromatic nitrogens is 2. The van der Waals surface area contributed by atoms with Gasteiger partial charge in [0.1, 0.15) is 17.1 Å². The minimum absolute atomic E-state index is 0.00330. The highest BCUT2D eigenvalue weighted by molar-refractivity contribution is 6.30. The number of amides is 1. The van der Waals surface area contributed by atoms with Crippen molar-refractivity contribution in [2.24, 2.45) is 0 Å². The van der Waals surface area contributed by atoms with Gasteiger partial charge in [0.15, 0.2) is 6.04 Å². The topological polar surface area (TPSA) is 72.1 Å². The summed E-state index contributed by atoms with van der Waals surface area (Å²) in [5, 5.41) is 10.0. The van der Waals surface area contributed by atoms with Crippen LogP contribution in [0.25, 0.3) is 0 Å². The van der Waals surface area contributed by atoms with E-state index >= 15 is 0 Å². The zero-order valence-corrected chi connectivity index (χ0v) is 15.7. The summed E-state index contributed by atoms with van der Waals surface area (Å²) in [5.74, 6) is -0.180. The van der Waals surface area contributed by atoms with Crippen LogP contribution in [-0.4, -0.2) is 21.9 Å². The molecular formula is C19H16ClF3N4O2. The number of carbonyl (C=O) groups is 1. The van der Waals surface area contributed by atoms with Crippen molar-refractivity contribution in [3.8, 4) is 0 Å². The number of halogens is 4. The maximum Gasteiger partial charge on any atom is 0.410 e. The first-order valence-electron chi connectivity index (χ1n) is 8.79. The number of hydrogen-bond acceptors (Lipinski definition) is 4. The molecule has 1 aromatic carbocycles. The highest BCUT2D eigenvalue weighted by Gasteiger charge is 2.47. The summed E-state index contributed by atoms with van der Waals surface area (Å²) in [6, 6.07) is 7.51. The summed E-state index contributed by atoms with van der Waals surface area (Å²) in [4.78, 5) is 12.6. The molecule has 2 atom stereocenters. The molecule has 6 nitrogen and oxygen atoms in total. The third-order valence-electron chi connectivity index (χ3n) is 4.71. The van der Waals surface area contributed by atoms with E-state index in [-0.39, 0.29) is 24.3 Å². The third-order valence-corrected chi connectivity index (χ3v) is 4.95. The van der Waals surface area contributed by atoms with Gasteiger partial charge in [-0.2, -0.15) is 18.3 Å². The van der Waals surface area contributed by atoms with Crippen LogP contribution in [0.2, 0.25) is 5.02 Å². The van der Waals surface area contributed by atoms with Gasteiger partial charge in [-0.1, -0.05) is 23.7 Å². The smallest absolute Gasteiger partial charge is 0.410 e. The lowest BCUT2D eigenvalue weighted by atomic mass is 10.0. The van der Waals surface area contributed by atoms with E-state index < -0.39 is 24.2 Å². The first-order chi connectivity index (χ1) is 13.8. The Balaban J connectivity index is 1.60. The summed E-state index contributed by atoms with van der Waals surface area (Å²) >= 11 is 5.93. The van der Waals surface area contributed by atoms with E-state index in [0.29, 0.717) is 10.8 Å². The van der Waals surface area contributed by atoms with Crippen LogP contribution < -0.4 is 10.6 Å². The average Bonchev–Trinajstić information content (AvgIpc) is 3.34. The van der Waals surface area contributed by atoms with Crippen molar-refractivity contribution >= 4 is 23.3 Å². The molecule has 29 heavy (non-hydrogen) atoms. The van der Waals surface area contributed by atoms with Crippen molar-refractivity contribution in [1.29, 1.82) is 0 Å². The molecule has 1 aliphatic rings. The summed E-state index contributed by atoms with van der Waals surface area (Å²) in [6.45, 7) is 0.175. The predicted octanol–water partition coefficient (Wildman–Crippen LogP) is 4.72. The normalized spacial score (nSPS) is 18.8. The molecule has 0 aliphatic carbocycles. The Morgan fingerprint density at radius 1 is 1.34 bits per heavy atom.